The van der Waals surface area contributed by atoms with Gasteiger partial charge >= 0.3 is 0 Å². The van der Waals surface area contributed by atoms with Gasteiger partial charge in [0, 0.05) is 13.1 Å². The number of anilines is 1. The van der Waals surface area contributed by atoms with Crippen LogP contribution in [0.3, 0.4) is 0 Å². The molecule has 102 valence electrons. The number of rotatable bonds is 4. The number of nitrogens with zero attached hydrogens (tertiary/aromatic N) is 3. The molecule has 1 atom stereocenters. The second-order valence-electron chi connectivity index (χ2n) is 4.86. The van der Waals surface area contributed by atoms with Gasteiger partial charge in [0.25, 0.3) is 0 Å². The van der Waals surface area contributed by atoms with Crippen molar-refractivity contribution >= 4 is 17.3 Å². The summed E-state index contributed by atoms with van der Waals surface area (Å²) < 4.78 is 0. The summed E-state index contributed by atoms with van der Waals surface area (Å²) >= 11 is 0. The lowest BCUT2D eigenvalue weighted by atomic mass is 10.1. The van der Waals surface area contributed by atoms with Crippen LogP contribution in [-0.4, -0.2) is 29.6 Å². The summed E-state index contributed by atoms with van der Waals surface area (Å²) in [5.41, 5.74) is 1.08. The number of hydrogen-bond acceptors (Lipinski definition) is 4. The quantitative estimate of drug-likeness (QED) is 0.904. The number of benzene rings is 1. The van der Waals surface area contributed by atoms with Crippen LogP contribution in [0.1, 0.15) is 27.2 Å². The third-order valence-corrected chi connectivity index (χ3v) is 3.30. The number of azo groups is 1. The molecule has 1 heterocycles. The highest BCUT2D eigenvalue weighted by Crippen LogP contribution is 2.34. The van der Waals surface area contributed by atoms with E-state index in [1.165, 1.54) is 0 Å². The Kier molecular flexibility index (Phi) is 3.83. The Labute approximate surface area is 113 Å². The maximum atomic E-state index is 12.2. The SMILES string of the molecule is CCN(CC)C(=O)CC1(C)N=Nc2ccccc2N1. The minimum absolute atomic E-state index is 0.0957. The van der Waals surface area contributed by atoms with Crippen molar-refractivity contribution in [1.29, 1.82) is 0 Å². The van der Waals surface area contributed by atoms with E-state index in [2.05, 4.69) is 15.5 Å². The first kappa shape index (κ1) is 13.5. The molecule has 1 aliphatic heterocycles. The highest BCUT2D eigenvalue weighted by molar-refractivity contribution is 5.79. The smallest absolute Gasteiger partial charge is 0.226 e. The van der Waals surface area contributed by atoms with Crippen LogP contribution in [0.15, 0.2) is 34.5 Å². The van der Waals surface area contributed by atoms with Crippen molar-refractivity contribution in [3.05, 3.63) is 24.3 Å². The van der Waals surface area contributed by atoms with Crippen LogP contribution >= 0.6 is 0 Å². The van der Waals surface area contributed by atoms with Gasteiger partial charge in [-0.3, -0.25) is 4.79 Å². The van der Waals surface area contributed by atoms with Crippen molar-refractivity contribution in [2.45, 2.75) is 32.9 Å². The van der Waals surface area contributed by atoms with E-state index in [0.29, 0.717) is 6.42 Å². The predicted octanol–water partition coefficient (Wildman–Crippen LogP) is 3.17. The lowest BCUT2D eigenvalue weighted by Crippen LogP contribution is -2.41. The van der Waals surface area contributed by atoms with Crippen molar-refractivity contribution in [2.24, 2.45) is 10.2 Å². The van der Waals surface area contributed by atoms with Gasteiger partial charge in [0.1, 0.15) is 5.69 Å². The lowest BCUT2D eigenvalue weighted by Gasteiger charge is -2.31. The summed E-state index contributed by atoms with van der Waals surface area (Å²) in [6.07, 6.45) is 0.312. The topological polar surface area (TPSA) is 57.1 Å². The molecule has 1 unspecified atom stereocenters. The molecule has 0 fully saturated rings. The molecule has 1 N–H and O–H groups in total. The largest absolute Gasteiger partial charge is 0.358 e. The van der Waals surface area contributed by atoms with Crippen LogP contribution in [-0.2, 0) is 4.79 Å². The molecule has 5 nitrogen and oxygen atoms in total. The van der Waals surface area contributed by atoms with Gasteiger partial charge in [-0.15, -0.1) is 0 Å². The Hall–Kier alpha value is -1.91. The number of fused-ring (bicyclic) bond motifs is 1. The van der Waals surface area contributed by atoms with Gasteiger partial charge in [0.05, 0.1) is 12.1 Å². The average molecular weight is 260 g/mol. The minimum atomic E-state index is -0.659. The van der Waals surface area contributed by atoms with E-state index in [4.69, 9.17) is 0 Å². The number of amides is 1. The second-order valence-corrected chi connectivity index (χ2v) is 4.86. The summed E-state index contributed by atoms with van der Waals surface area (Å²) in [5.74, 6) is 0.0957. The first-order valence-electron chi connectivity index (χ1n) is 6.66. The fourth-order valence-corrected chi connectivity index (χ4v) is 2.21. The van der Waals surface area contributed by atoms with E-state index in [1.807, 2.05) is 49.9 Å². The van der Waals surface area contributed by atoms with Gasteiger partial charge in [-0.1, -0.05) is 12.1 Å². The zero-order valence-electron chi connectivity index (χ0n) is 11.7. The van der Waals surface area contributed by atoms with Crippen molar-refractivity contribution in [3.8, 4) is 0 Å². The van der Waals surface area contributed by atoms with Gasteiger partial charge < -0.3 is 10.2 Å². The number of carbonyl (C=O) groups excluding carboxylic acids is 1. The Morgan fingerprint density at radius 1 is 1.32 bits per heavy atom. The summed E-state index contributed by atoms with van der Waals surface area (Å²) in [4.78, 5) is 14.0. The molecule has 19 heavy (non-hydrogen) atoms. The monoisotopic (exact) mass is 260 g/mol. The number of carbonyl (C=O) groups is 1. The van der Waals surface area contributed by atoms with Crippen LogP contribution in [0.2, 0.25) is 0 Å². The zero-order chi connectivity index (χ0) is 13.9. The lowest BCUT2D eigenvalue weighted by molar-refractivity contribution is -0.131. The molecule has 0 aliphatic carbocycles. The Balaban J connectivity index is 2.12. The highest BCUT2D eigenvalue weighted by Gasteiger charge is 2.32. The van der Waals surface area contributed by atoms with Crippen molar-refractivity contribution in [1.82, 2.24) is 4.90 Å². The Bertz CT molecular complexity index is 496. The van der Waals surface area contributed by atoms with E-state index < -0.39 is 5.66 Å². The Morgan fingerprint density at radius 3 is 2.68 bits per heavy atom. The number of nitrogens with one attached hydrogen (secondary N) is 1. The predicted molar refractivity (Wildman–Crippen MR) is 75.5 cm³/mol. The van der Waals surface area contributed by atoms with E-state index in [9.17, 15) is 4.79 Å². The molecule has 0 aromatic heterocycles. The van der Waals surface area contributed by atoms with Gasteiger partial charge in [-0.05, 0) is 32.9 Å². The van der Waals surface area contributed by atoms with E-state index >= 15 is 0 Å². The van der Waals surface area contributed by atoms with Gasteiger partial charge in [-0.2, -0.15) is 10.2 Å². The standard InChI is InChI=1S/C14H20N4O/c1-4-18(5-2)13(19)10-14(3)15-11-8-6-7-9-12(11)16-17-14/h6-9,15H,4-5,10H2,1-3H3. The molecule has 5 heteroatoms. The highest BCUT2D eigenvalue weighted by atomic mass is 16.2. The molecule has 1 amide bonds. The second kappa shape index (κ2) is 5.38. The molecular weight excluding hydrogens is 240 g/mol. The van der Waals surface area contributed by atoms with Gasteiger partial charge in [0.2, 0.25) is 5.91 Å². The van der Waals surface area contributed by atoms with E-state index in [1.54, 1.807) is 0 Å². The average Bonchev–Trinajstić information content (AvgIpc) is 2.39. The number of para-hydroxylation sites is 1. The third kappa shape index (κ3) is 2.92. The fourth-order valence-electron chi connectivity index (χ4n) is 2.21. The molecular formula is C14H20N4O. The zero-order valence-corrected chi connectivity index (χ0v) is 11.7. The molecule has 0 bridgehead atoms. The van der Waals surface area contributed by atoms with Gasteiger partial charge in [-0.25, -0.2) is 0 Å². The van der Waals surface area contributed by atoms with Crippen LogP contribution in [0, 0.1) is 0 Å². The molecule has 1 aliphatic rings. The minimum Gasteiger partial charge on any atom is -0.358 e. The molecule has 1 aromatic rings. The summed E-state index contributed by atoms with van der Waals surface area (Å²) in [6.45, 7) is 7.30. The van der Waals surface area contributed by atoms with Crippen LogP contribution in [0.25, 0.3) is 0 Å². The molecule has 0 saturated heterocycles. The van der Waals surface area contributed by atoms with Crippen molar-refractivity contribution in [3.63, 3.8) is 0 Å². The van der Waals surface area contributed by atoms with Crippen LogP contribution in [0.4, 0.5) is 11.4 Å². The molecule has 0 spiro atoms. The van der Waals surface area contributed by atoms with Crippen molar-refractivity contribution in [2.75, 3.05) is 18.4 Å². The number of hydrogen-bond donors (Lipinski definition) is 1. The maximum Gasteiger partial charge on any atom is 0.226 e. The molecule has 0 saturated carbocycles. The molecule has 1 aromatic carbocycles. The summed E-state index contributed by atoms with van der Waals surface area (Å²) in [7, 11) is 0. The third-order valence-electron chi connectivity index (χ3n) is 3.30. The Morgan fingerprint density at radius 2 is 2.00 bits per heavy atom. The first-order chi connectivity index (χ1) is 9.08. The van der Waals surface area contributed by atoms with E-state index in [0.717, 1.165) is 24.5 Å². The van der Waals surface area contributed by atoms with Crippen molar-refractivity contribution < 1.29 is 4.79 Å². The maximum absolute atomic E-state index is 12.2. The summed E-state index contributed by atoms with van der Waals surface area (Å²) in [6, 6.07) is 7.72. The molecule has 2 rings (SSSR count). The normalized spacial score (nSPS) is 20.6. The summed E-state index contributed by atoms with van der Waals surface area (Å²) in [5, 5.41) is 11.8. The van der Waals surface area contributed by atoms with Crippen LogP contribution in [0.5, 0.6) is 0 Å². The van der Waals surface area contributed by atoms with Crippen LogP contribution < -0.4 is 5.32 Å². The van der Waals surface area contributed by atoms with E-state index in [-0.39, 0.29) is 5.91 Å². The first-order valence-corrected chi connectivity index (χ1v) is 6.66. The van der Waals surface area contributed by atoms with Gasteiger partial charge in [0.15, 0.2) is 5.66 Å². The molecule has 0 radical (unpaired) electrons. The fraction of sp³-hybridized carbons (Fsp3) is 0.500.